The van der Waals surface area contributed by atoms with Crippen molar-refractivity contribution in [2.45, 2.75) is 19.4 Å². The molecule has 0 spiro atoms. The van der Waals surface area contributed by atoms with Crippen molar-refractivity contribution in [3.8, 4) is 11.3 Å². The third-order valence-electron chi connectivity index (χ3n) is 4.78. The number of halogens is 1. The van der Waals surface area contributed by atoms with E-state index in [4.69, 9.17) is 0 Å². The van der Waals surface area contributed by atoms with Crippen LogP contribution in [0.25, 0.3) is 11.3 Å². The summed E-state index contributed by atoms with van der Waals surface area (Å²) in [6.45, 7) is 1.16. The topological polar surface area (TPSA) is 51.0 Å². The molecular formula is C20H19FN4O. The number of pyridine rings is 1. The highest BCUT2D eigenvalue weighted by Gasteiger charge is 2.25. The second kappa shape index (κ2) is 6.71. The standard InChI is InChI=1S/C20H19FN4O/c1-24-18-13-25(20(26)14-6-8-16(21)9-7-14)11-3-5-17(18)19(23-24)15-4-2-10-22-12-15/h2,4,6-10,12H,3,5,11,13H2,1H3. The molecule has 3 aromatic rings. The predicted molar refractivity (Wildman–Crippen MR) is 95.9 cm³/mol. The van der Waals surface area contributed by atoms with E-state index in [1.54, 1.807) is 6.20 Å². The number of aryl methyl sites for hydroxylation is 1. The minimum absolute atomic E-state index is 0.0815. The van der Waals surface area contributed by atoms with Crippen LogP contribution in [0.4, 0.5) is 4.39 Å². The monoisotopic (exact) mass is 350 g/mol. The number of amides is 1. The Morgan fingerprint density at radius 3 is 2.73 bits per heavy atom. The molecule has 5 nitrogen and oxygen atoms in total. The molecule has 0 bridgehead atoms. The molecule has 1 amide bonds. The second-order valence-electron chi connectivity index (χ2n) is 6.48. The maximum absolute atomic E-state index is 13.1. The molecule has 0 aliphatic carbocycles. The van der Waals surface area contributed by atoms with Crippen LogP contribution in [0.2, 0.25) is 0 Å². The minimum Gasteiger partial charge on any atom is -0.333 e. The van der Waals surface area contributed by atoms with Gasteiger partial charge in [-0.1, -0.05) is 0 Å². The third-order valence-corrected chi connectivity index (χ3v) is 4.78. The zero-order valence-corrected chi connectivity index (χ0v) is 14.5. The SMILES string of the molecule is Cn1nc(-c2cccnc2)c2c1CN(C(=O)c1ccc(F)cc1)CCC2. The number of carbonyl (C=O) groups is 1. The van der Waals surface area contributed by atoms with Gasteiger partial charge in [-0.15, -0.1) is 0 Å². The van der Waals surface area contributed by atoms with Crippen LogP contribution in [0, 0.1) is 5.82 Å². The van der Waals surface area contributed by atoms with E-state index in [2.05, 4.69) is 10.1 Å². The third kappa shape index (κ3) is 2.98. The van der Waals surface area contributed by atoms with Crippen LogP contribution in [0.5, 0.6) is 0 Å². The molecule has 132 valence electrons. The Bertz CT molecular complexity index is 934. The van der Waals surface area contributed by atoms with E-state index < -0.39 is 0 Å². The van der Waals surface area contributed by atoms with Crippen molar-refractivity contribution in [3.63, 3.8) is 0 Å². The Hall–Kier alpha value is -3.02. The van der Waals surface area contributed by atoms with Gasteiger partial charge in [0.05, 0.1) is 17.9 Å². The fourth-order valence-electron chi connectivity index (χ4n) is 3.45. The highest BCUT2D eigenvalue weighted by atomic mass is 19.1. The zero-order valence-electron chi connectivity index (χ0n) is 14.5. The van der Waals surface area contributed by atoms with Gasteiger partial charge < -0.3 is 4.90 Å². The highest BCUT2D eigenvalue weighted by Crippen LogP contribution is 2.29. The van der Waals surface area contributed by atoms with Gasteiger partial charge in [0, 0.05) is 42.7 Å². The summed E-state index contributed by atoms with van der Waals surface area (Å²) in [5.41, 5.74) is 4.64. The quantitative estimate of drug-likeness (QED) is 0.713. The van der Waals surface area contributed by atoms with Gasteiger partial charge in [0.1, 0.15) is 5.82 Å². The van der Waals surface area contributed by atoms with E-state index in [1.165, 1.54) is 29.8 Å². The van der Waals surface area contributed by atoms with Crippen molar-refractivity contribution in [3.05, 3.63) is 71.4 Å². The van der Waals surface area contributed by atoms with E-state index in [0.29, 0.717) is 18.7 Å². The van der Waals surface area contributed by atoms with E-state index >= 15 is 0 Å². The summed E-state index contributed by atoms with van der Waals surface area (Å²) in [4.78, 5) is 18.8. The van der Waals surface area contributed by atoms with E-state index in [9.17, 15) is 9.18 Å². The summed E-state index contributed by atoms with van der Waals surface area (Å²) < 4.78 is 15.0. The number of rotatable bonds is 2. The van der Waals surface area contributed by atoms with Crippen LogP contribution >= 0.6 is 0 Å². The van der Waals surface area contributed by atoms with Crippen LogP contribution in [-0.4, -0.2) is 32.1 Å². The van der Waals surface area contributed by atoms with E-state index in [-0.39, 0.29) is 11.7 Å². The van der Waals surface area contributed by atoms with Gasteiger partial charge in [0.2, 0.25) is 0 Å². The summed E-state index contributed by atoms with van der Waals surface area (Å²) >= 11 is 0. The Morgan fingerprint density at radius 2 is 2.00 bits per heavy atom. The average molecular weight is 350 g/mol. The van der Waals surface area contributed by atoms with Crippen molar-refractivity contribution in [1.82, 2.24) is 19.7 Å². The molecule has 0 saturated heterocycles. The maximum Gasteiger partial charge on any atom is 0.254 e. The molecular weight excluding hydrogens is 331 g/mol. The Kier molecular flexibility index (Phi) is 4.24. The van der Waals surface area contributed by atoms with Gasteiger partial charge in [0.15, 0.2) is 0 Å². The van der Waals surface area contributed by atoms with Crippen molar-refractivity contribution in [2.75, 3.05) is 6.54 Å². The number of benzene rings is 1. The normalized spacial score (nSPS) is 14.0. The lowest BCUT2D eigenvalue weighted by atomic mass is 10.0. The molecule has 2 aromatic heterocycles. The van der Waals surface area contributed by atoms with Crippen LogP contribution in [0.3, 0.4) is 0 Å². The maximum atomic E-state index is 13.1. The number of hydrogen-bond donors (Lipinski definition) is 0. The van der Waals surface area contributed by atoms with Gasteiger partial charge in [-0.25, -0.2) is 4.39 Å². The Labute approximate surface area is 151 Å². The highest BCUT2D eigenvalue weighted by molar-refractivity contribution is 5.94. The first-order valence-electron chi connectivity index (χ1n) is 8.63. The lowest BCUT2D eigenvalue weighted by molar-refractivity contribution is 0.0742. The van der Waals surface area contributed by atoms with Gasteiger partial charge in [0.25, 0.3) is 5.91 Å². The molecule has 3 heterocycles. The molecule has 6 heteroatoms. The first-order valence-corrected chi connectivity index (χ1v) is 8.63. The molecule has 0 saturated carbocycles. The number of fused-ring (bicyclic) bond motifs is 1. The first kappa shape index (κ1) is 16.4. The molecule has 0 fully saturated rings. The van der Waals surface area contributed by atoms with E-state index in [1.807, 2.05) is 35.0 Å². The zero-order chi connectivity index (χ0) is 18.1. The molecule has 4 rings (SSSR count). The van der Waals surface area contributed by atoms with Crippen molar-refractivity contribution >= 4 is 5.91 Å². The molecule has 0 N–H and O–H groups in total. The summed E-state index contributed by atoms with van der Waals surface area (Å²) in [5, 5.41) is 4.67. The summed E-state index contributed by atoms with van der Waals surface area (Å²) in [7, 11) is 1.91. The lowest BCUT2D eigenvalue weighted by Gasteiger charge is -2.21. The molecule has 26 heavy (non-hydrogen) atoms. The number of hydrogen-bond acceptors (Lipinski definition) is 3. The molecule has 1 aromatic carbocycles. The van der Waals surface area contributed by atoms with Crippen molar-refractivity contribution in [2.24, 2.45) is 7.05 Å². The van der Waals surface area contributed by atoms with Crippen LogP contribution in [0.15, 0.2) is 48.8 Å². The van der Waals surface area contributed by atoms with Gasteiger partial charge in [-0.3, -0.25) is 14.5 Å². The number of aromatic nitrogens is 3. The summed E-state index contributed by atoms with van der Waals surface area (Å²) in [6.07, 6.45) is 5.28. The molecule has 1 aliphatic rings. The Balaban J connectivity index is 1.66. The van der Waals surface area contributed by atoms with Crippen LogP contribution < -0.4 is 0 Å². The van der Waals surface area contributed by atoms with Crippen molar-refractivity contribution < 1.29 is 9.18 Å². The molecule has 0 unspecified atom stereocenters. The summed E-state index contributed by atoms with van der Waals surface area (Å²) in [6, 6.07) is 9.61. The lowest BCUT2D eigenvalue weighted by Crippen LogP contribution is -2.31. The molecule has 0 atom stereocenters. The van der Waals surface area contributed by atoms with E-state index in [0.717, 1.165) is 29.8 Å². The number of nitrogens with zero attached hydrogens (tertiary/aromatic N) is 4. The van der Waals surface area contributed by atoms with Crippen LogP contribution in [0.1, 0.15) is 28.0 Å². The second-order valence-corrected chi connectivity index (χ2v) is 6.48. The average Bonchev–Trinajstić information content (AvgIpc) is 2.84. The smallest absolute Gasteiger partial charge is 0.254 e. The first-order chi connectivity index (χ1) is 12.6. The van der Waals surface area contributed by atoms with Crippen molar-refractivity contribution in [1.29, 1.82) is 0 Å². The van der Waals surface area contributed by atoms with Gasteiger partial charge in [-0.05, 0) is 49.2 Å². The molecule has 0 radical (unpaired) electrons. The minimum atomic E-state index is -0.340. The van der Waals surface area contributed by atoms with Gasteiger partial charge in [-0.2, -0.15) is 5.10 Å². The fraction of sp³-hybridized carbons (Fsp3) is 0.250. The predicted octanol–water partition coefficient (Wildman–Crippen LogP) is 3.21. The van der Waals surface area contributed by atoms with Crippen LogP contribution in [-0.2, 0) is 20.0 Å². The summed E-state index contributed by atoms with van der Waals surface area (Å²) in [5.74, 6) is -0.422. The fourth-order valence-corrected chi connectivity index (χ4v) is 3.45. The number of carbonyl (C=O) groups excluding carboxylic acids is 1. The molecule has 1 aliphatic heterocycles. The Morgan fingerprint density at radius 1 is 1.19 bits per heavy atom. The van der Waals surface area contributed by atoms with Gasteiger partial charge >= 0.3 is 0 Å². The largest absolute Gasteiger partial charge is 0.333 e.